The molecule has 3 aromatic rings. The van der Waals surface area contributed by atoms with Gasteiger partial charge in [-0.2, -0.15) is 18.3 Å². The predicted octanol–water partition coefficient (Wildman–Crippen LogP) is 5.57. The number of amides is 1. The van der Waals surface area contributed by atoms with Crippen LogP contribution in [-0.4, -0.2) is 28.5 Å². The smallest absolute Gasteiger partial charge is 0.422 e. The van der Waals surface area contributed by atoms with Crippen molar-refractivity contribution in [2.45, 2.75) is 12.7 Å². The largest absolute Gasteiger partial charge is 0.484 e. The van der Waals surface area contributed by atoms with Crippen molar-refractivity contribution in [3.8, 4) is 5.75 Å². The fourth-order valence-corrected chi connectivity index (χ4v) is 2.90. The van der Waals surface area contributed by atoms with Crippen molar-refractivity contribution in [1.82, 2.24) is 9.78 Å². The highest BCUT2D eigenvalue weighted by Gasteiger charge is 2.28. The van der Waals surface area contributed by atoms with Gasteiger partial charge < -0.3 is 10.1 Å². The number of benzene rings is 2. The summed E-state index contributed by atoms with van der Waals surface area (Å²) in [5.41, 5.74) is 0.239. The summed E-state index contributed by atoms with van der Waals surface area (Å²) >= 11 is 12.1. The van der Waals surface area contributed by atoms with Crippen molar-refractivity contribution in [2.75, 3.05) is 11.9 Å². The first-order chi connectivity index (χ1) is 14.1. The van der Waals surface area contributed by atoms with Crippen LogP contribution in [0.3, 0.4) is 0 Å². The molecule has 11 heteroatoms. The zero-order valence-electron chi connectivity index (χ0n) is 15.0. The maximum Gasteiger partial charge on any atom is 0.422 e. The molecular weight excluding hydrogens is 449 g/mol. The van der Waals surface area contributed by atoms with Crippen molar-refractivity contribution in [2.24, 2.45) is 0 Å². The normalized spacial score (nSPS) is 11.4. The second-order valence-corrected chi connectivity index (χ2v) is 6.92. The molecule has 158 valence electrons. The van der Waals surface area contributed by atoms with Crippen LogP contribution in [0.25, 0.3) is 0 Å². The third-order valence-electron chi connectivity index (χ3n) is 3.83. The van der Waals surface area contributed by atoms with Crippen molar-refractivity contribution < 1.29 is 27.1 Å². The lowest BCUT2D eigenvalue weighted by Gasteiger charge is -2.10. The van der Waals surface area contributed by atoms with Gasteiger partial charge in [0.05, 0.1) is 6.54 Å². The average molecular weight is 462 g/mol. The molecule has 1 amide bonds. The van der Waals surface area contributed by atoms with Crippen LogP contribution in [0.4, 0.5) is 23.4 Å². The number of nitrogens with zero attached hydrogens (tertiary/aromatic N) is 2. The number of anilines is 1. The monoisotopic (exact) mass is 461 g/mol. The highest BCUT2D eigenvalue weighted by Crippen LogP contribution is 2.25. The van der Waals surface area contributed by atoms with E-state index in [0.29, 0.717) is 0 Å². The number of carbonyl (C=O) groups excluding carboxylic acids is 1. The number of hydrogen-bond donors (Lipinski definition) is 1. The molecule has 1 N–H and O–H groups in total. The molecule has 0 atom stereocenters. The van der Waals surface area contributed by atoms with Crippen molar-refractivity contribution in [1.29, 1.82) is 0 Å². The summed E-state index contributed by atoms with van der Waals surface area (Å²) in [6, 6.07) is 9.47. The first-order valence-electron chi connectivity index (χ1n) is 8.39. The SMILES string of the molecule is O=C(Nc1nn(Cc2c(F)cccc2Cl)cc1Cl)c1cccc(OCC(F)(F)F)c1. The first-order valence-corrected chi connectivity index (χ1v) is 9.15. The lowest BCUT2D eigenvalue weighted by atomic mass is 10.2. The summed E-state index contributed by atoms with van der Waals surface area (Å²) in [7, 11) is 0. The highest BCUT2D eigenvalue weighted by molar-refractivity contribution is 6.33. The summed E-state index contributed by atoms with van der Waals surface area (Å²) in [4.78, 5) is 12.4. The van der Waals surface area contributed by atoms with Gasteiger partial charge in [0.25, 0.3) is 5.91 Å². The number of nitrogens with one attached hydrogen (secondary N) is 1. The Labute approximate surface area is 178 Å². The Kier molecular flexibility index (Phi) is 6.52. The molecule has 2 aromatic carbocycles. The molecule has 0 aliphatic rings. The number of hydrogen-bond acceptors (Lipinski definition) is 3. The molecule has 0 saturated carbocycles. The molecule has 0 spiro atoms. The van der Waals surface area contributed by atoms with Gasteiger partial charge in [-0.15, -0.1) is 0 Å². The van der Waals surface area contributed by atoms with E-state index in [2.05, 4.69) is 15.2 Å². The minimum Gasteiger partial charge on any atom is -0.484 e. The molecule has 1 aromatic heterocycles. The third kappa shape index (κ3) is 5.64. The second kappa shape index (κ2) is 8.93. The Hall–Kier alpha value is -2.78. The van der Waals surface area contributed by atoms with E-state index < -0.39 is 24.5 Å². The maximum atomic E-state index is 13.9. The van der Waals surface area contributed by atoms with E-state index in [-0.39, 0.29) is 39.3 Å². The lowest BCUT2D eigenvalue weighted by Crippen LogP contribution is -2.19. The Bertz CT molecular complexity index is 1050. The van der Waals surface area contributed by atoms with Crippen molar-refractivity contribution in [3.63, 3.8) is 0 Å². The van der Waals surface area contributed by atoms with E-state index in [9.17, 15) is 22.4 Å². The van der Waals surface area contributed by atoms with Crippen LogP contribution < -0.4 is 10.1 Å². The molecule has 0 aliphatic heterocycles. The summed E-state index contributed by atoms with van der Waals surface area (Å²) in [6.45, 7) is -1.51. The van der Waals surface area contributed by atoms with Gasteiger partial charge in [-0.3, -0.25) is 9.48 Å². The minimum atomic E-state index is -4.50. The zero-order chi connectivity index (χ0) is 21.9. The van der Waals surface area contributed by atoms with Crippen LogP contribution in [0.2, 0.25) is 10.0 Å². The zero-order valence-corrected chi connectivity index (χ0v) is 16.5. The highest BCUT2D eigenvalue weighted by atomic mass is 35.5. The topological polar surface area (TPSA) is 56.2 Å². The molecule has 30 heavy (non-hydrogen) atoms. The quantitative estimate of drug-likeness (QED) is 0.488. The van der Waals surface area contributed by atoms with Gasteiger partial charge >= 0.3 is 6.18 Å². The average Bonchev–Trinajstić information content (AvgIpc) is 3.02. The Morgan fingerprint density at radius 1 is 1.13 bits per heavy atom. The number of carbonyl (C=O) groups is 1. The summed E-state index contributed by atoms with van der Waals surface area (Å²) in [5.74, 6) is -1.31. The second-order valence-electron chi connectivity index (χ2n) is 6.11. The summed E-state index contributed by atoms with van der Waals surface area (Å²) < 4.78 is 56.7. The summed E-state index contributed by atoms with van der Waals surface area (Å²) in [5, 5.41) is 6.84. The fourth-order valence-electron chi connectivity index (χ4n) is 2.48. The molecule has 0 saturated heterocycles. The van der Waals surface area contributed by atoms with E-state index in [1.165, 1.54) is 47.3 Å². The van der Waals surface area contributed by atoms with Crippen LogP contribution >= 0.6 is 23.2 Å². The number of alkyl halides is 3. The third-order valence-corrected chi connectivity index (χ3v) is 4.46. The number of rotatable bonds is 6. The van der Waals surface area contributed by atoms with Crippen LogP contribution in [-0.2, 0) is 6.54 Å². The maximum absolute atomic E-state index is 13.9. The lowest BCUT2D eigenvalue weighted by molar-refractivity contribution is -0.153. The van der Waals surface area contributed by atoms with Crippen molar-refractivity contribution in [3.05, 3.63) is 75.7 Å². The molecule has 0 unspecified atom stereocenters. The van der Waals surface area contributed by atoms with E-state index in [1.54, 1.807) is 0 Å². The van der Waals surface area contributed by atoms with Gasteiger partial charge in [0.15, 0.2) is 12.4 Å². The van der Waals surface area contributed by atoms with Crippen LogP contribution in [0.1, 0.15) is 15.9 Å². The number of ether oxygens (including phenoxy) is 1. The number of halogens is 6. The molecule has 1 heterocycles. The first kappa shape index (κ1) is 21.9. The standard InChI is InChI=1S/C19H13Cl2F4N3O2/c20-14-5-2-6-16(22)13(14)8-28-9-15(21)17(27-28)26-18(29)11-3-1-4-12(7-11)30-10-19(23,24)25/h1-7,9H,8,10H2,(H,26,27,29). The molecule has 0 bridgehead atoms. The molecule has 0 fully saturated rings. The Morgan fingerprint density at radius 3 is 2.57 bits per heavy atom. The van der Waals surface area contributed by atoms with Crippen molar-refractivity contribution >= 4 is 34.9 Å². The van der Waals surface area contributed by atoms with Gasteiger partial charge in [-0.05, 0) is 30.3 Å². The van der Waals surface area contributed by atoms with E-state index in [0.717, 1.165) is 6.07 Å². The van der Waals surface area contributed by atoms with Crippen LogP contribution in [0, 0.1) is 5.82 Å². The fraction of sp³-hybridized carbons (Fsp3) is 0.158. The molecule has 5 nitrogen and oxygen atoms in total. The summed E-state index contributed by atoms with van der Waals surface area (Å²) in [6.07, 6.45) is -3.12. The van der Waals surface area contributed by atoms with Crippen LogP contribution in [0.5, 0.6) is 5.75 Å². The van der Waals surface area contributed by atoms with Gasteiger partial charge in [-0.25, -0.2) is 4.39 Å². The van der Waals surface area contributed by atoms with Crippen LogP contribution in [0.15, 0.2) is 48.7 Å². The number of aromatic nitrogens is 2. The van der Waals surface area contributed by atoms with Gasteiger partial charge in [0, 0.05) is 22.3 Å². The molecule has 3 rings (SSSR count). The van der Waals surface area contributed by atoms with E-state index >= 15 is 0 Å². The minimum absolute atomic E-state index is 0.00394. The molecular formula is C19H13Cl2F4N3O2. The van der Waals surface area contributed by atoms with Gasteiger partial charge in [0.2, 0.25) is 0 Å². The predicted molar refractivity (Wildman–Crippen MR) is 104 cm³/mol. The van der Waals surface area contributed by atoms with E-state index in [4.69, 9.17) is 23.2 Å². The Morgan fingerprint density at radius 2 is 1.87 bits per heavy atom. The molecule has 0 aliphatic carbocycles. The van der Waals surface area contributed by atoms with Gasteiger partial charge in [-0.1, -0.05) is 35.3 Å². The van der Waals surface area contributed by atoms with E-state index in [1.807, 2.05) is 0 Å². The molecule has 0 radical (unpaired) electrons. The Balaban J connectivity index is 1.72. The van der Waals surface area contributed by atoms with Gasteiger partial charge in [0.1, 0.15) is 16.6 Å².